The van der Waals surface area contributed by atoms with Gasteiger partial charge in [0.25, 0.3) is 5.91 Å². The zero-order chi connectivity index (χ0) is 25.8. The number of rotatable bonds is 7. The number of anilines is 2. The van der Waals surface area contributed by atoms with Crippen LogP contribution in [0.1, 0.15) is 75.7 Å². The Morgan fingerprint density at radius 3 is 2.06 bits per heavy atom. The van der Waals surface area contributed by atoms with E-state index in [9.17, 15) is 18.0 Å². The molecular formula is C26H35N3O5S. The van der Waals surface area contributed by atoms with Crippen molar-refractivity contribution >= 4 is 33.4 Å². The number of ether oxygens (including phenoxy) is 1. The van der Waals surface area contributed by atoms with Crippen molar-refractivity contribution in [1.29, 1.82) is 0 Å². The van der Waals surface area contributed by atoms with E-state index in [0.29, 0.717) is 16.9 Å². The van der Waals surface area contributed by atoms with Gasteiger partial charge in [-0.1, -0.05) is 18.6 Å². The SMILES string of the molecule is CC(C)S(=O)(=O)N[C@@H]1CCC[C@@H]1c1ccc(NC(=O)c2ccc(NC(=O)OC(C)(C)C)cc2)cc1. The second kappa shape index (κ2) is 10.8. The van der Waals surface area contributed by atoms with Crippen LogP contribution in [0.25, 0.3) is 0 Å². The largest absolute Gasteiger partial charge is 0.444 e. The van der Waals surface area contributed by atoms with E-state index in [0.717, 1.165) is 24.8 Å². The minimum Gasteiger partial charge on any atom is -0.444 e. The van der Waals surface area contributed by atoms with Gasteiger partial charge in [0.2, 0.25) is 10.0 Å². The molecule has 0 aliphatic heterocycles. The molecule has 190 valence electrons. The lowest BCUT2D eigenvalue weighted by Gasteiger charge is -2.23. The number of carbonyl (C=O) groups excluding carboxylic acids is 2. The predicted molar refractivity (Wildman–Crippen MR) is 138 cm³/mol. The lowest BCUT2D eigenvalue weighted by atomic mass is 9.94. The summed E-state index contributed by atoms with van der Waals surface area (Å²) in [5, 5.41) is 5.04. The van der Waals surface area contributed by atoms with Crippen LogP contribution in [-0.4, -0.2) is 37.3 Å². The van der Waals surface area contributed by atoms with Gasteiger partial charge < -0.3 is 10.1 Å². The van der Waals surface area contributed by atoms with E-state index in [1.54, 1.807) is 58.9 Å². The Morgan fingerprint density at radius 2 is 1.49 bits per heavy atom. The predicted octanol–water partition coefficient (Wildman–Crippen LogP) is 5.25. The molecule has 2 atom stereocenters. The molecule has 3 rings (SSSR count). The molecule has 0 heterocycles. The standard InChI is InChI=1S/C26H35N3O5S/c1-17(2)35(32,33)29-23-8-6-7-22(23)18-9-13-20(14-10-18)27-24(30)19-11-15-21(16-12-19)28-25(31)34-26(3,4)5/h9-17,22-23,29H,6-8H2,1-5H3,(H,27,30)(H,28,31)/t22-,23-/m1/s1. The van der Waals surface area contributed by atoms with Crippen LogP contribution in [0.4, 0.5) is 16.2 Å². The molecule has 3 N–H and O–H groups in total. The molecular weight excluding hydrogens is 466 g/mol. The van der Waals surface area contributed by atoms with Crippen molar-refractivity contribution in [2.24, 2.45) is 0 Å². The average molecular weight is 502 g/mol. The van der Waals surface area contributed by atoms with Crippen LogP contribution < -0.4 is 15.4 Å². The molecule has 0 saturated heterocycles. The number of carbonyl (C=O) groups is 2. The summed E-state index contributed by atoms with van der Waals surface area (Å²) in [5.74, 6) is -0.164. The van der Waals surface area contributed by atoms with E-state index >= 15 is 0 Å². The number of amides is 2. The smallest absolute Gasteiger partial charge is 0.412 e. The number of hydrogen-bond donors (Lipinski definition) is 3. The Kier molecular flexibility index (Phi) is 8.22. The van der Waals surface area contributed by atoms with Crippen molar-refractivity contribution in [3.63, 3.8) is 0 Å². The fourth-order valence-electron chi connectivity index (χ4n) is 3.99. The fourth-order valence-corrected chi connectivity index (χ4v) is 4.97. The van der Waals surface area contributed by atoms with Crippen LogP contribution in [0.15, 0.2) is 48.5 Å². The molecule has 2 aromatic rings. The molecule has 1 aliphatic rings. The molecule has 1 fully saturated rings. The topological polar surface area (TPSA) is 114 Å². The minimum absolute atomic E-state index is 0.110. The Morgan fingerprint density at radius 1 is 0.914 bits per heavy atom. The summed E-state index contributed by atoms with van der Waals surface area (Å²) in [6.07, 6.45) is 2.14. The van der Waals surface area contributed by atoms with E-state index in [2.05, 4.69) is 15.4 Å². The van der Waals surface area contributed by atoms with Crippen molar-refractivity contribution in [1.82, 2.24) is 4.72 Å². The third-order valence-electron chi connectivity index (χ3n) is 5.84. The van der Waals surface area contributed by atoms with Gasteiger partial charge in [0.05, 0.1) is 5.25 Å². The lowest BCUT2D eigenvalue weighted by molar-refractivity contribution is 0.0635. The Hall–Kier alpha value is -2.91. The molecule has 35 heavy (non-hydrogen) atoms. The second-order valence-electron chi connectivity index (χ2n) is 10.1. The van der Waals surface area contributed by atoms with Gasteiger partial charge in [0, 0.05) is 28.9 Å². The molecule has 0 radical (unpaired) electrons. The zero-order valence-corrected chi connectivity index (χ0v) is 21.7. The van der Waals surface area contributed by atoms with E-state index in [-0.39, 0.29) is 17.9 Å². The van der Waals surface area contributed by atoms with E-state index in [1.807, 2.05) is 24.3 Å². The van der Waals surface area contributed by atoms with Gasteiger partial charge in [-0.2, -0.15) is 0 Å². The van der Waals surface area contributed by atoms with Crippen LogP contribution in [0, 0.1) is 0 Å². The molecule has 2 amide bonds. The summed E-state index contributed by atoms with van der Waals surface area (Å²) in [5.41, 5.74) is 2.07. The third kappa shape index (κ3) is 7.53. The number of hydrogen-bond acceptors (Lipinski definition) is 5. The lowest BCUT2D eigenvalue weighted by Crippen LogP contribution is -2.40. The first kappa shape index (κ1) is 26.7. The fraction of sp³-hybridized carbons (Fsp3) is 0.462. The first-order chi connectivity index (χ1) is 16.3. The molecule has 1 saturated carbocycles. The van der Waals surface area contributed by atoms with Gasteiger partial charge in [0.1, 0.15) is 5.60 Å². The molecule has 8 nitrogen and oxygen atoms in total. The maximum absolute atomic E-state index is 12.6. The summed E-state index contributed by atoms with van der Waals surface area (Å²) < 4.78 is 32.7. The first-order valence-corrected chi connectivity index (χ1v) is 13.4. The molecule has 1 aliphatic carbocycles. The van der Waals surface area contributed by atoms with E-state index in [1.165, 1.54) is 0 Å². The summed E-state index contributed by atoms with van der Waals surface area (Å²) in [4.78, 5) is 24.5. The van der Waals surface area contributed by atoms with E-state index in [4.69, 9.17) is 4.74 Å². The molecule has 0 spiro atoms. The van der Waals surface area contributed by atoms with Crippen LogP contribution in [0.5, 0.6) is 0 Å². The maximum atomic E-state index is 12.6. The molecule has 2 aromatic carbocycles. The van der Waals surface area contributed by atoms with Crippen molar-refractivity contribution in [3.8, 4) is 0 Å². The minimum atomic E-state index is -3.33. The monoisotopic (exact) mass is 501 g/mol. The van der Waals surface area contributed by atoms with Crippen molar-refractivity contribution in [3.05, 3.63) is 59.7 Å². The molecule has 0 aromatic heterocycles. The van der Waals surface area contributed by atoms with Crippen molar-refractivity contribution < 1.29 is 22.7 Å². The molecule has 0 bridgehead atoms. The van der Waals surface area contributed by atoms with Gasteiger partial charge in [-0.05, 0) is 89.4 Å². The number of nitrogens with one attached hydrogen (secondary N) is 3. The van der Waals surface area contributed by atoms with Gasteiger partial charge in [-0.25, -0.2) is 17.9 Å². The highest BCUT2D eigenvalue weighted by atomic mass is 32.2. The average Bonchev–Trinajstić information content (AvgIpc) is 3.20. The Bertz CT molecular complexity index is 1140. The highest BCUT2D eigenvalue weighted by Crippen LogP contribution is 2.35. The third-order valence-corrected chi connectivity index (χ3v) is 7.71. The number of benzene rings is 2. The second-order valence-corrected chi connectivity index (χ2v) is 12.4. The van der Waals surface area contributed by atoms with Crippen molar-refractivity contribution in [2.75, 3.05) is 10.6 Å². The van der Waals surface area contributed by atoms with E-state index < -0.39 is 27.0 Å². The van der Waals surface area contributed by atoms with Gasteiger partial charge >= 0.3 is 6.09 Å². The van der Waals surface area contributed by atoms with Gasteiger partial charge in [0.15, 0.2) is 0 Å². The van der Waals surface area contributed by atoms with Gasteiger partial charge in [-0.3, -0.25) is 10.1 Å². The summed E-state index contributed by atoms with van der Waals surface area (Å²) in [6.45, 7) is 8.70. The Balaban J connectivity index is 1.59. The molecule has 0 unspecified atom stereocenters. The zero-order valence-electron chi connectivity index (χ0n) is 20.9. The van der Waals surface area contributed by atoms with Crippen LogP contribution in [0.2, 0.25) is 0 Å². The van der Waals surface area contributed by atoms with Crippen LogP contribution in [-0.2, 0) is 14.8 Å². The van der Waals surface area contributed by atoms with Crippen molar-refractivity contribution in [2.45, 2.75) is 76.7 Å². The Labute approximate surface area is 207 Å². The summed E-state index contributed by atoms with van der Waals surface area (Å²) in [6, 6.07) is 14.0. The van der Waals surface area contributed by atoms with Crippen LogP contribution in [0.3, 0.4) is 0 Å². The van der Waals surface area contributed by atoms with Crippen LogP contribution >= 0.6 is 0 Å². The number of sulfonamides is 1. The summed E-state index contributed by atoms with van der Waals surface area (Å²) in [7, 11) is -3.33. The summed E-state index contributed by atoms with van der Waals surface area (Å²) >= 11 is 0. The highest BCUT2D eigenvalue weighted by molar-refractivity contribution is 7.90. The maximum Gasteiger partial charge on any atom is 0.412 e. The normalized spacial score (nSPS) is 18.3. The molecule has 9 heteroatoms. The first-order valence-electron chi connectivity index (χ1n) is 11.9. The van der Waals surface area contributed by atoms with Gasteiger partial charge in [-0.15, -0.1) is 0 Å². The highest BCUT2D eigenvalue weighted by Gasteiger charge is 2.32. The quantitative estimate of drug-likeness (QED) is 0.480.